The van der Waals surface area contributed by atoms with E-state index < -0.39 is 5.97 Å². The maximum Gasteiger partial charge on any atom is 0.337 e. The number of nitrogens with zero attached hydrogens (tertiary/aromatic N) is 3. The first-order valence-corrected chi connectivity index (χ1v) is 5.79. The second kappa shape index (κ2) is 4.20. The number of aromatic carboxylic acids is 1. The number of fused-ring (bicyclic) bond motifs is 1. The summed E-state index contributed by atoms with van der Waals surface area (Å²) in [5.41, 5.74) is 2.84. The van der Waals surface area contributed by atoms with Gasteiger partial charge in [-0.2, -0.15) is 0 Å². The minimum Gasteiger partial charge on any atom is -0.478 e. The minimum atomic E-state index is -0.953. The average molecular weight is 253 g/mol. The van der Waals surface area contributed by atoms with E-state index in [0.717, 1.165) is 16.8 Å². The molecule has 3 heterocycles. The molecule has 19 heavy (non-hydrogen) atoms. The molecular formula is C14H11N3O2. The minimum absolute atomic E-state index is 0.232. The molecule has 0 amide bonds. The second-order valence-corrected chi connectivity index (χ2v) is 4.24. The van der Waals surface area contributed by atoms with E-state index in [0.29, 0.717) is 5.82 Å². The van der Waals surface area contributed by atoms with Gasteiger partial charge in [-0.25, -0.2) is 9.78 Å². The molecule has 0 fully saturated rings. The van der Waals surface area contributed by atoms with Crippen LogP contribution in [0.15, 0.2) is 42.9 Å². The molecule has 0 saturated heterocycles. The lowest BCUT2D eigenvalue weighted by atomic mass is 10.2. The van der Waals surface area contributed by atoms with Crippen LogP contribution in [0.25, 0.3) is 16.9 Å². The molecule has 5 heteroatoms. The Morgan fingerprint density at radius 2 is 2.16 bits per heavy atom. The van der Waals surface area contributed by atoms with Crippen LogP contribution in [0.1, 0.15) is 16.1 Å². The van der Waals surface area contributed by atoms with Crippen molar-refractivity contribution in [2.24, 2.45) is 0 Å². The lowest BCUT2D eigenvalue weighted by molar-refractivity contribution is 0.0696. The largest absolute Gasteiger partial charge is 0.478 e. The highest BCUT2D eigenvalue weighted by atomic mass is 16.4. The van der Waals surface area contributed by atoms with Crippen molar-refractivity contribution in [1.82, 2.24) is 14.4 Å². The van der Waals surface area contributed by atoms with Crippen molar-refractivity contribution in [2.45, 2.75) is 6.92 Å². The van der Waals surface area contributed by atoms with E-state index in [2.05, 4.69) is 9.97 Å². The molecule has 0 saturated carbocycles. The van der Waals surface area contributed by atoms with E-state index in [9.17, 15) is 4.79 Å². The van der Waals surface area contributed by atoms with Crippen molar-refractivity contribution in [1.29, 1.82) is 0 Å². The van der Waals surface area contributed by atoms with Gasteiger partial charge in [0.05, 0.1) is 16.8 Å². The lowest BCUT2D eigenvalue weighted by Crippen LogP contribution is -1.99. The molecule has 0 aliphatic heterocycles. The van der Waals surface area contributed by atoms with Gasteiger partial charge in [0.1, 0.15) is 5.82 Å². The van der Waals surface area contributed by atoms with Gasteiger partial charge in [-0.05, 0) is 31.2 Å². The molecular weight excluding hydrogens is 242 g/mol. The molecule has 5 nitrogen and oxygen atoms in total. The number of aromatic nitrogens is 3. The molecule has 0 atom stereocenters. The topological polar surface area (TPSA) is 67.5 Å². The molecule has 3 rings (SSSR count). The Balaban J connectivity index is 2.30. The van der Waals surface area contributed by atoms with Crippen LogP contribution in [0.2, 0.25) is 0 Å². The fraction of sp³-hybridized carbons (Fsp3) is 0.0714. The normalized spacial score (nSPS) is 10.8. The van der Waals surface area contributed by atoms with Crippen LogP contribution < -0.4 is 0 Å². The fourth-order valence-electron chi connectivity index (χ4n) is 2.07. The van der Waals surface area contributed by atoms with Gasteiger partial charge in [-0.3, -0.25) is 9.38 Å². The van der Waals surface area contributed by atoms with Crippen LogP contribution in [0.4, 0.5) is 0 Å². The van der Waals surface area contributed by atoms with Crippen LogP contribution in [0, 0.1) is 6.92 Å². The highest BCUT2D eigenvalue weighted by molar-refractivity contribution is 5.88. The van der Waals surface area contributed by atoms with Gasteiger partial charge >= 0.3 is 5.97 Å². The van der Waals surface area contributed by atoms with Gasteiger partial charge in [0.2, 0.25) is 0 Å². The summed E-state index contributed by atoms with van der Waals surface area (Å²) in [4.78, 5) is 19.6. The standard InChI is InChI=1S/C14H11N3O2/c1-9-12-5-4-11(14(18)19)8-17(12)13(16-9)10-3-2-6-15-7-10/h2-8H,1H3,(H,18,19). The lowest BCUT2D eigenvalue weighted by Gasteiger charge is -2.02. The predicted molar refractivity (Wildman–Crippen MR) is 70.1 cm³/mol. The summed E-state index contributed by atoms with van der Waals surface area (Å²) >= 11 is 0. The maximum atomic E-state index is 11.1. The quantitative estimate of drug-likeness (QED) is 0.761. The second-order valence-electron chi connectivity index (χ2n) is 4.24. The molecule has 94 valence electrons. The third-order valence-corrected chi connectivity index (χ3v) is 2.99. The smallest absolute Gasteiger partial charge is 0.337 e. The number of rotatable bonds is 2. The Morgan fingerprint density at radius 1 is 1.32 bits per heavy atom. The highest BCUT2D eigenvalue weighted by Gasteiger charge is 2.12. The Labute approximate surface area is 109 Å². The monoisotopic (exact) mass is 253 g/mol. The molecule has 1 N–H and O–H groups in total. The number of hydrogen-bond donors (Lipinski definition) is 1. The fourth-order valence-corrected chi connectivity index (χ4v) is 2.07. The van der Waals surface area contributed by atoms with Gasteiger partial charge in [0, 0.05) is 24.2 Å². The van der Waals surface area contributed by atoms with E-state index in [1.54, 1.807) is 35.1 Å². The molecule has 0 aliphatic rings. The van der Waals surface area contributed by atoms with Gasteiger partial charge in [0.25, 0.3) is 0 Å². The molecule has 0 spiro atoms. The third-order valence-electron chi connectivity index (χ3n) is 2.99. The van der Waals surface area contributed by atoms with Crippen molar-refractivity contribution in [3.8, 4) is 11.4 Å². The van der Waals surface area contributed by atoms with Crippen LogP contribution in [0.5, 0.6) is 0 Å². The Hall–Kier alpha value is -2.69. The summed E-state index contributed by atoms with van der Waals surface area (Å²) in [5.74, 6) is -0.255. The number of carboxylic acids is 1. The Kier molecular flexibility index (Phi) is 2.52. The summed E-state index contributed by atoms with van der Waals surface area (Å²) in [6.07, 6.45) is 4.98. The highest BCUT2D eigenvalue weighted by Crippen LogP contribution is 2.22. The van der Waals surface area contributed by atoms with Gasteiger partial charge in [0.15, 0.2) is 0 Å². The SMILES string of the molecule is Cc1nc(-c2cccnc2)n2cc(C(=O)O)ccc12. The number of imidazole rings is 1. The molecule has 0 unspecified atom stereocenters. The number of carbonyl (C=O) groups is 1. The summed E-state index contributed by atoms with van der Waals surface area (Å²) in [6, 6.07) is 7.08. The van der Waals surface area contributed by atoms with Crippen LogP contribution in [-0.4, -0.2) is 25.4 Å². The Morgan fingerprint density at radius 3 is 2.84 bits per heavy atom. The van der Waals surface area contributed by atoms with E-state index in [4.69, 9.17) is 5.11 Å². The zero-order chi connectivity index (χ0) is 13.4. The molecule has 0 radical (unpaired) electrons. The first-order chi connectivity index (χ1) is 9.16. The molecule has 0 aromatic carbocycles. The summed E-state index contributed by atoms with van der Waals surface area (Å²) in [7, 11) is 0. The first kappa shape index (κ1) is 11.4. The first-order valence-electron chi connectivity index (χ1n) is 5.79. The zero-order valence-corrected chi connectivity index (χ0v) is 10.2. The van der Waals surface area contributed by atoms with E-state index in [1.807, 2.05) is 19.1 Å². The number of pyridine rings is 2. The zero-order valence-electron chi connectivity index (χ0n) is 10.2. The molecule has 3 aromatic heterocycles. The predicted octanol–water partition coefficient (Wildman–Crippen LogP) is 2.40. The number of aryl methyl sites for hydroxylation is 1. The van der Waals surface area contributed by atoms with Gasteiger partial charge < -0.3 is 5.11 Å². The molecule has 0 aliphatic carbocycles. The van der Waals surface area contributed by atoms with Crippen molar-refractivity contribution >= 4 is 11.5 Å². The van der Waals surface area contributed by atoms with Gasteiger partial charge in [-0.1, -0.05) is 0 Å². The van der Waals surface area contributed by atoms with Crippen molar-refractivity contribution in [3.63, 3.8) is 0 Å². The summed E-state index contributed by atoms with van der Waals surface area (Å²) in [5, 5.41) is 9.07. The van der Waals surface area contributed by atoms with Crippen LogP contribution in [-0.2, 0) is 0 Å². The summed E-state index contributed by atoms with van der Waals surface area (Å²) in [6.45, 7) is 1.90. The van der Waals surface area contributed by atoms with Crippen LogP contribution in [0.3, 0.4) is 0 Å². The molecule has 0 bridgehead atoms. The van der Waals surface area contributed by atoms with E-state index in [-0.39, 0.29) is 5.56 Å². The molecule has 3 aromatic rings. The van der Waals surface area contributed by atoms with Gasteiger partial charge in [-0.15, -0.1) is 0 Å². The maximum absolute atomic E-state index is 11.1. The van der Waals surface area contributed by atoms with Crippen molar-refractivity contribution in [3.05, 3.63) is 54.1 Å². The number of hydrogen-bond acceptors (Lipinski definition) is 3. The van der Waals surface area contributed by atoms with Crippen molar-refractivity contribution in [2.75, 3.05) is 0 Å². The Bertz CT molecular complexity index is 763. The average Bonchev–Trinajstić information content (AvgIpc) is 2.77. The van der Waals surface area contributed by atoms with E-state index >= 15 is 0 Å². The third kappa shape index (κ3) is 1.85. The van der Waals surface area contributed by atoms with E-state index in [1.165, 1.54) is 0 Å². The van der Waals surface area contributed by atoms with Crippen molar-refractivity contribution < 1.29 is 9.90 Å². The number of carboxylic acid groups (broad SMARTS) is 1. The van der Waals surface area contributed by atoms with Crippen LogP contribution >= 0.6 is 0 Å². The summed E-state index contributed by atoms with van der Waals surface area (Å²) < 4.78 is 1.79.